The lowest BCUT2D eigenvalue weighted by Crippen LogP contribution is -2.62. The van der Waals surface area contributed by atoms with E-state index >= 15 is 0 Å². The smallest absolute Gasteiger partial charge is 0.425 e. The maximum absolute atomic E-state index is 13.7. The molecule has 1 saturated carbocycles. The zero-order valence-electron chi connectivity index (χ0n) is 32.5. The van der Waals surface area contributed by atoms with Gasteiger partial charge in [0.1, 0.15) is 30.2 Å². The number of amides is 5. The van der Waals surface area contributed by atoms with Crippen molar-refractivity contribution in [1.29, 1.82) is 0 Å². The van der Waals surface area contributed by atoms with Crippen molar-refractivity contribution >= 4 is 36.7 Å². The van der Waals surface area contributed by atoms with Gasteiger partial charge in [-0.05, 0) is 119 Å². The number of nitrogens with two attached hydrogens (primary N) is 3. The number of carbonyl (C=O) groups excluding carboxylic acids is 5. The Morgan fingerprint density at radius 1 is 0.714 bits per heavy atom. The fourth-order valence-electron chi connectivity index (χ4n) is 6.15. The average Bonchev–Trinajstić information content (AvgIpc) is 4.03. The highest BCUT2D eigenvalue weighted by atomic mass is 16.4. The van der Waals surface area contributed by atoms with Crippen molar-refractivity contribution in [2.24, 2.45) is 23.1 Å². The molecule has 1 unspecified atom stereocenters. The predicted octanol–water partition coefficient (Wildman–Crippen LogP) is -0.289. The Kier molecular flexibility index (Phi) is 19.4. The zero-order valence-corrected chi connectivity index (χ0v) is 32.5. The van der Waals surface area contributed by atoms with Crippen LogP contribution in [0, 0.1) is 5.92 Å². The maximum Gasteiger partial charge on any atom is 0.490 e. The molecule has 56 heavy (non-hydrogen) atoms. The normalized spacial score (nSPS) is 15.6. The first kappa shape index (κ1) is 46.0. The molecule has 5 amide bonds. The number of benzene rings is 2. The fourth-order valence-corrected chi connectivity index (χ4v) is 6.15. The molecule has 2 aromatic carbocycles. The highest BCUT2D eigenvalue weighted by Gasteiger charge is 2.41. The van der Waals surface area contributed by atoms with Crippen LogP contribution in [0.4, 0.5) is 0 Å². The average molecular weight is 781 g/mol. The molecule has 3 rings (SSSR count). The summed E-state index contributed by atoms with van der Waals surface area (Å²) in [6, 6.07) is 9.04. The molecule has 0 aliphatic heterocycles. The number of aliphatic hydroxyl groups excluding tert-OH is 1. The SMILES string of the molecule is CCCCc1ccc(-c2ccc(C(=O)N[C@@H](CCCCN)C(=O)N[C@H](C(=O)N[C@H](C(=O)N[C@@H](CCCCN)C(=O)N[C@@H](N)B(O)O)C3CC3)C(C)O)cc2)cc1. The van der Waals surface area contributed by atoms with Crippen molar-refractivity contribution in [2.75, 3.05) is 13.1 Å². The number of aryl methyl sites for hydroxylation is 1. The highest BCUT2D eigenvalue weighted by Crippen LogP contribution is 2.33. The summed E-state index contributed by atoms with van der Waals surface area (Å²) in [6.07, 6.45) is 5.57. The lowest BCUT2D eigenvalue weighted by atomic mass is 9.86. The second-order valence-corrected chi connectivity index (χ2v) is 14.5. The molecule has 17 heteroatoms. The van der Waals surface area contributed by atoms with Gasteiger partial charge in [-0.25, -0.2) is 0 Å². The Labute approximate surface area is 329 Å². The molecule has 1 fully saturated rings. The second-order valence-electron chi connectivity index (χ2n) is 14.5. The number of carbonyl (C=O) groups is 5. The summed E-state index contributed by atoms with van der Waals surface area (Å²) in [6.45, 7) is 4.20. The third-order valence-electron chi connectivity index (χ3n) is 9.77. The van der Waals surface area contributed by atoms with E-state index in [1.54, 1.807) is 12.1 Å². The lowest BCUT2D eigenvalue weighted by molar-refractivity contribution is -0.136. The summed E-state index contributed by atoms with van der Waals surface area (Å²) in [5, 5.41) is 42.1. The van der Waals surface area contributed by atoms with Gasteiger partial charge in [0.05, 0.1) is 6.10 Å². The van der Waals surface area contributed by atoms with E-state index < -0.39 is 73.0 Å². The van der Waals surface area contributed by atoms with E-state index in [1.165, 1.54) is 12.5 Å². The van der Waals surface area contributed by atoms with Gasteiger partial charge in [0, 0.05) is 5.56 Å². The van der Waals surface area contributed by atoms with E-state index in [1.807, 2.05) is 12.1 Å². The molecule has 16 nitrogen and oxygen atoms in total. The first-order valence-electron chi connectivity index (χ1n) is 19.7. The van der Waals surface area contributed by atoms with Crippen LogP contribution in [0.1, 0.15) is 94.0 Å². The standard InChI is InChI=1S/C39H61BN8O8/c1-3-4-9-25-12-14-26(15-13-25)27-16-20-29(21-17-27)34(50)44-30(10-5-7-22-41)35(51)46-32(24(2)49)37(53)47-33(28-18-19-28)38(54)45-31(11-6-8-23-42)36(52)48-39(43)40(55)56/h12-17,20-21,24,28,30-33,39,49,55-56H,3-11,18-19,22-23,41-43H2,1-2H3,(H,44,50)(H,45,54)(H,46,51)(H,47,53)(H,48,52)/t24?,30-,31-,32-,33-,39+/m0/s1. The van der Waals surface area contributed by atoms with Gasteiger partial charge >= 0.3 is 7.12 Å². The molecule has 0 saturated heterocycles. The summed E-state index contributed by atoms with van der Waals surface area (Å²) < 4.78 is 0. The molecule has 0 radical (unpaired) electrons. The number of unbranched alkanes of at least 4 members (excludes halogenated alkanes) is 3. The third-order valence-corrected chi connectivity index (χ3v) is 9.77. The Balaban J connectivity index is 1.70. The monoisotopic (exact) mass is 780 g/mol. The minimum Gasteiger partial charge on any atom is -0.425 e. The summed E-state index contributed by atoms with van der Waals surface area (Å²) in [5.41, 5.74) is 20.4. The van der Waals surface area contributed by atoms with Crippen LogP contribution in [-0.2, 0) is 25.6 Å². The summed E-state index contributed by atoms with van der Waals surface area (Å²) >= 11 is 0. The molecular formula is C39H61BN8O8. The Bertz CT molecular complexity index is 1560. The highest BCUT2D eigenvalue weighted by molar-refractivity contribution is 6.43. The van der Waals surface area contributed by atoms with Crippen molar-refractivity contribution in [3.05, 3.63) is 59.7 Å². The van der Waals surface area contributed by atoms with Crippen LogP contribution >= 0.6 is 0 Å². The van der Waals surface area contributed by atoms with E-state index in [9.17, 15) is 39.1 Å². The predicted molar refractivity (Wildman–Crippen MR) is 214 cm³/mol. The van der Waals surface area contributed by atoms with Crippen LogP contribution in [0.5, 0.6) is 0 Å². The molecule has 1 aliphatic carbocycles. The molecule has 0 aromatic heterocycles. The van der Waals surface area contributed by atoms with Crippen LogP contribution < -0.4 is 43.8 Å². The largest absolute Gasteiger partial charge is 0.490 e. The molecule has 0 bridgehead atoms. The van der Waals surface area contributed by atoms with Crippen LogP contribution in [0.2, 0.25) is 0 Å². The van der Waals surface area contributed by atoms with E-state index in [0.29, 0.717) is 57.2 Å². The Morgan fingerprint density at radius 3 is 1.75 bits per heavy atom. The first-order valence-corrected chi connectivity index (χ1v) is 19.7. The van der Waals surface area contributed by atoms with Gasteiger partial charge in [-0.1, -0.05) is 49.7 Å². The van der Waals surface area contributed by atoms with Crippen LogP contribution in [-0.4, -0.2) is 101 Å². The van der Waals surface area contributed by atoms with Gasteiger partial charge < -0.3 is 58.9 Å². The number of nitrogens with one attached hydrogen (secondary N) is 5. The van der Waals surface area contributed by atoms with Crippen molar-refractivity contribution in [3.63, 3.8) is 0 Å². The fraction of sp³-hybridized carbons (Fsp3) is 0.564. The zero-order chi connectivity index (χ0) is 41.2. The minimum atomic E-state index is -2.03. The van der Waals surface area contributed by atoms with E-state index in [4.69, 9.17) is 17.2 Å². The van der Waals surface area contributed by atoms with Crippen LogP contribution in [0.3, 0.4) is 0 Å². The Hall–Kier alpha value is -4.39. The lowest BCUT2D eigenvalue weighted by Gasteiger charge is -2.28. The number of hydrogen-bond donors (Lipinski definition) is 11. The first-order chi connectivity index (χ1) is 26.8. The molecule has 0 spiro atoms. The van der Waals surface area contributed by atoms with Gasteiger partial charge in [-0.3, -0.25) is 24.0 Å². The van der Waals surface area contributed by atoms with Gasteiger partial charge in [-0.2, -0.15) is 0 Å². The molecule has 14 N–H and O–H groups in total. The second kappa shape index (κ2) is 23.6. The van der Waals surface area contributed by atoms with Gasteiger partial charge in [-0.15, -0.1) is 0 Å². The molecule has 0 heterocycles. The van der Waals surface area contributed by atoms with Gasteiger partial charge in [0.15, 0.2) is 0 Å². The Morgan fingerprint density at radius 2 is 1.25 bits per heavy atom. The molecular weight excluding hydrogens is 719 g/mol. The molecule has 308 valence electrons. The molecule has 6 atom stereocenters. The van der Waals surface area contributed by atoms with Gasteiger partial charge in [0.2, 0.25) is 23.6 Å². The van der Waals surface area contributed by atoms with Crippen molar-refractivity contribution in [1.82, 2.24) is 26.6 Å². The van der Waals surface area contributed by atoms with E-state index in [0.717, 1.165) is 30.4 Å². The maximum atomic E-state index is 13.7. The summed E-state index contributed by atoms with van der Waals surface area (Å²) in [7, 11) is -2.03. The van der Waals surface area contributed by atoms with Crippen molar-refractivity contribution in [3.8, 4) is 11.1 Å². The minimum absolute atomic E-state index is 0.162. The van der Waals surface area contributed by atoms with Crippen LogP contribution in [0.25, 0.3) is 11.1 Å². The summed E-state index contributed by atoms with van der Waals surface area (Å²) in [5.74, 6) is -3.74. The third kappa shape index (κ3) is 14.9. The number of rotatable bonds is 25. The topological polar surface area (TPSA) is 284 Å². The van der Waals surface area contributed by atoms with Crippen molar-refractivity contribution in [2.45, 2.75) is 121 Å². The number of hydrogen-bond acceptors (Lipinski definition) is 11. The van der Waals surface area contributed by atoms with Gasteiger partial charge in [0.25, 0.3) is 5.91 Å². The summed E-state index contributed by atoms with van der Waals surface area (Å²) in [4.78, 5) is 67.1. The molecule has 1 aliphatic rings. The van der Waals surface area contributed by atoms with E-state index in [-0.39, 0.29) is 18.8 Å². The van der Waals surface area contributed by atoms with Crippen LogP contribution in [0.15, 0.2) is 48.5 Å². The van der Waals surface area contributed by atoms with E-state index in [2.05, 4.69) is 57.8 Å². The van der Waals surface area contributed by atoms with Crippen molar-refractivity contribution < 1.29 is 39.1 Å². The molecule has 2 aromatic rings. The quantitative estimate of drug-likeness (QED) is 0.0354. The number of aliphatic hydroxyl groups is 1.